The molecule has 0 amide bonds. The minimum Gasteiger partial charge on any atom is -0.494 e. The molecule has 0 unspecified atom stereocenters. The molecule has 0 heterocycles. The van der Waals surface area contributed by atoms with Crippen molar-refractivity contribution in [2.45, 2.75) is 84.7 Å². The first-order chi connectivity index (χ1) is 20.9. The van der Waals surface area contributed by atoms with E-state index in [-0.39, 0.29) is 18.0 Å². The Morgan fingerprint density at radius 1 is 0.605 bits per heavy atom. The third-order valence-corrected chi connectivity index (χ3v) is 6.88. The lowest BCUT2D eigenvalue weighted by atomic mass is 10.0. The van der Waals surface area contributed by atoms with Crippen molar-refractivity contribution in [2.24, 2.45) is 0 Å². The molecule has 0 aliphatic carbocycles. The van der Waals surface area contributed by atoms with E-state index in [4.69, 9.17) is 18.9 Å². The van der Waals surface area contributed by atoms with E-state index in [1.165, 1.54) is 0 Å². The average Bonchev–Trinajstić information content (AvgIpc) is 3.01. The molecule has 3 rings (SSSR count). The molecule has 0 aliphatic heterocycles. The molecule has 0 fully saturated rings. The second-order valence-corrected chi connectivity index (χ2v) is 10.5. The Morgan fingerprint density at radius 2 is 1.14 bits per heavy atom. The summed E-state index contributed by atoms with van der Waals surface area (Å²) < 4.78 is 22.1. The van der Waals surface area contributed by atoms with Gasteiger partial charge in [-0.25, -0.2) is 9.59 Å². The Bertz CT molecular complexity index is 1260. The standard InChI is InChI=1S/C36H44O7/c1-4-10-32(11-5-2)42-36(39)30-19-23-33(24-20-30)43-35(38)29-15-13-27(14-16-29)28-17-21-31(22-18-28)40-25-8-7-9-26-41-34(37)12-6-3/h13-24,32H,4-12,25-26H2,1-3H3. The van der Waals surface area contributed by atoms with Gasteiger partial charge in [0.25, 0.3) is 0 Å². The lowest BCUT2D eigenvalue weighted by Crippen LogP contribution is -2.18. The Morgan fingerprint density at radius 3 is 1.74 bits per heavy atom. The zero-order valence-corrected chi connectivity index (χ0v) is 25.6. The van der Waals surface area contributed by atoms with Gasteiger partial charge in [-0.15, -0.1) is 0 Å². The van der Waals surface area contributed by atoms with Crippen molar-refractivity contribution in [3.8, 4) is 22.6 Å². The number of hydrogen-bond donors (Lipinski definition) is 0. The smallest absolute Gasteiger partial charge is 0.343 e. The lowest BCUT2D eigenvalue weighted by molar-refractivity contribution is -0.143. The van der Waals surface area contributed by atoms with E-state index >= 15 is 0 Å². The quantitative estimate of drug-likeness (QED) is 0.0835. The van der Waals surface area contributed by atoms with Gasteiger partial charge in [0.1, 0.15) is 17.6 Å². The summed E-state index contributed by atoms with van der Waals surface area (Å²) in [5.74, 6) is 0.183. The minimum atomic E-state index is -0.476. The first-order valence-electron chi connectivity index (χ1n) is 15.5. The Hall–Kier alpha value is -4.13. The molecule has 0 aromatic heterocycles. The summed E-state index contributed by atoms with van der Waals surface area (Å²) >= 11 is 0. The third-order valence-electron chi connectivity index (χ3n) is 6.88. The van der Waals surface area contributed by atoms with Crippen LogP contribution >= 0.6 is 0 Å². The molecule has 0 saturated heterocycles. The van der Waals surface area contributed by atoms with E-state index in [2.05, 4.69) is 13.8 Å². The Labute approximate surface area is 255 Å². The maximum absolute atomic E-state index is 12.7. The summed E-state index contributed by atoms with van der Waals surface area (Å²) in [5.41, 5.74) is 2.82. The summed E-state index contributed by atoms with van der Waals surface area (Å²) in [4.78, 5) is 36.6. The number of unbranched alkanes of at least 4 members (excludes halogenated alkanes) is 2. The molecule has 230 valence electrons. The number of ether oxygens (including phenoxy) is 4. The Balaban J connectivity index is 1.43. The van der Waals surface area contributed by atoms with Crippen molar-refractivity contribution in [2.75, 3.05) is 13.2 Å². The second kappa shape index (κ2) is 18.4. The summed E-state index contributed by atoms with van der Waals surface area (Å²) in [6.07, 6.45) is 7.47. The number of carbonyl (C=O) groups is 3. The predicted molar refractivity (Wildman–Crippen MR) is 168 cm³/mol. The van der Waals surface area contributed by atoms with Crippen molar-refractivity contribution in [1.29, 1.82) is 0 Å². The molecule has 3 aromatic rings. The normalized spacial score (nSPS) is 10.8. The van der Waals surface area contributed by atoms with Crippen molar-refractivity contribution in [1.82, 2.24) is 0 Å². The van der Waals surface area contributed by atoms with Crippen LogP contribution < -0.4 is 9.47 Å². The molecule has 0 atom stereocenters. The molecular formula is C36H44O7. The van der Waals surface area contributed by atoms with Gasteiger partial charge in [0.2, 0.25) is 0 Å². The van der Waals surface area contributed by atoms with E-state index in [1.807, 2.05) is 43.3 Å². The average molecular weight is 589 g/mol. The molecule has 43 heavy (non-hydrogen) atoms. The number of hydrogen-bond acceptors (Lipinski definition) is 7. The minimum absolute atomic E-state index is 0.0781. The highest BCUT2D eigenvalue weighted by Gasteiger charge is 2.16. The monoisotopic (exact) mass is 588 g/mol. The zero-order valence-electron chi connectivity index (χ0n) is 25.6. The van der Waals surface area contributed by atoms with Gasteiger partial charge in [-0.3, -0.25) is 4.79 Å². The first-order valence-corrected chi connectivity index (χ1v) is 15.5. The van der Waals surface area contributed by atoms with Crippen LogP contribution in [0.4, 0.5) is 0 Å². The van der Waals surface area contributed by atoms with Crippen LogP contribution in [0.15, 0.2) is 72.8 Å². The molecule has 0 radical (unpaired) electrons. The first kappa shape index (κ1) is 33.4. The maximum Gasteiger partial charge on any atom is 0.343 e. The lowest BCUT2D eigenvalue weighted by Gasteiger charge is -2.16. The van der Waals surface area contributed by atoms with Crippen LogP contribution in [0.5, 0.6) is 11.5 Å². The number of carbonyl (C=O) groups excluding carboxylic acids is 3. The number of rotatable bonds is 18. The van der Waals surface area contributed by atoms with Crippen molar-refractivity contribution in [3.63, 3.8) is 0 Å². The molecule has 0 spiro atoms. The largest absolute Gasteiger partial charge is 0.494 e. The summed E-state index contributed by atoms with van der Waals surface area (Å²) in [6.45, 7) is 7.18. The van der Waals surface area contributed by atoms with Crippen LogP contribution in [0.2, 0.25) is 0 Å². The SMILES string of the molecule is CCCC(=O)OCCCCCOc1ccc(-c2ccc(C(=O)Oc3ccc(C(=O)OC(CCC)CCC)cc3)cc2)cc1. The van der Waals surface area contributed by atoms with E-state index < -0.39 is 5.97 Å². The van der Waals surface area contributed by atoms with E-state index in [1.54, 1.807) is 36.4 Å². The molecule has 7 heteroatoms. The number of benzene rings is 3. The van der Waals surface area contributed by atoms with Crippen LogP contribution in [0.3, 0.4) is 0 Å². The highest BCUT2D eigenvalue weighted by Crippen LogP contribution is 2.24. The predicted octanol–water partition coefficient (Wildman–Crippen LogP) is 8.59. The van der Waals surface area contributed by atoms with Crippen LogP contribution in [-0.2, 0) is 14.3 Å². The van der Waals surface area contributed by atoms with Gasteiger partial charge in [-0.1, -0.05) is 57.9 Å². The molecular weight excluding hydrogens is 544 g/mol. The van der Waals surface area contributed by atoms with Gasteiger partial charge in [-0.2, -0.15) is 0 Å². The third kappa shape index (κ3) is 11.6. The van der Waals surface area contributed by atoms with E-state index in [0.29, 0.717) is 36.5 Å². The molecule has 0 bridgehead atoms. The van der Waals surface area contributed by atoms with Gasteiger partial charge in [0, 0.05) is 6.42 Å². The van der Waals surface area contributed by atoms with Gasteiger partial charge < -0.3 is 18.9 Å². The summed E-state index contributed by atoms with van der Waals surface area (Å²) in [7, 11) is 0. The van der Waals surface area contributed by atoms with Crippen LogP contribution in [0.1, 0.15) is 99.3 Å². The fourth-order valence-corrected chi connectivity index (χ4v) is 4.53. The fourth-order valence-electron chi connectivity index (χ4n) is 4.53. The molecule has 0 saturated carbocycles. The number of esters is 3. The van der Waals surface area contributed by atoms with Crippen molar-refractivity contribution in [3.05, 3.63) is 83.9 Å². The molecule has 3 aromatic carbocycles. The van der Waals surface area contributed by atoms with Gasteiger partial charge in [-0.05, 0) is 98.2 Å². The van der Waals surface area contributed by atoms with Crippen molar-refractivity contribution >= 4 is 17.9 Å². The van der Waals surface area contributed by atoms with Crippen LogP contribution in [0.25, 0.3) is 11.1 Å². The Kier molecular flexibility index (Phi) is 14.3. The summed E-state index contributed by atoms with van der Waals surface area (Å²) in [5, 5.41) is 0. The highest BCUT2D eigenvalue weighted by molar-refractivity contribution is 5.92. The molecule has 0 aliphatic rings. The van der Waals surface area contributed by atoms with Gasteiger partial charge in [0.15, 0.2) is 0 Å². The summed E-state index contributed by atoms with van der Waals surface area (Å²) in [6, 6.07) is 21.5. The van der Waals surface area contributed by atoms with Gasteiger partial charge >= 0.3 is 17.9 Å². The second-order valence-electron chi connectivity index (χ2n) is 10.5. The maximum atomic E-state index is 12.7. The van der Waals surface area contributed by atoms with Gasteiger partial charge in [0.05, 0.1) is 24.3 Å². The highest BCUT2D eigenvalue weighted by atomic mass is 16.5. The fraction of sp³-hybridized carbons (Fsp3) is 0.417. The van der Waals surface area contributed by atoms with Crippen LogP contribution in [-0.4, -0.2) is 37.2 Å². The molecule has 7 nitrogen and oxygen atoms in total. The zero-order chi connectivity index (χ0) is 30.9. The van der Waals surface area contributed by atoms with E-state index in [9.17, 15) is 14.4 Å². The van der Waals surface area contributed by atoms with Crippen LogP contribution in [0, 0.1) is 0 Å². The topological polar surface area (TPSA) is 88.1 Å². The molecule has 0 N–H and O–H groups in total. The van der Waals surface area contributed by atoms with Crippen molar-refractivity contribution < 1.29 is 33.3 Å². The van der Waals surface area contributed by atoms with E-state index in [0.717, 1.165) is 68.2 Å².